The van der Waals surface area contributed by atoms with Crippen LogP contribution in [0.25, 0.3) is 0 Å². The molecule has 146 valence electrons. The Kier molecular flexibility index (Phi) is 9.42. The average Bonchev–Trinajstić information content (AvgIpc) is 2.65. The number of esters is 1. The normalized spacial score (nSPS) is 11.7. The van der Waals surface area contributed by atoms with Crippen LogP contribution in [-0.4, -0.2) is 31.6 Å². The molecule has 2 aromatic carbocycles. The van der Waals surface area contributed by atoms with Gasteiger partial charge in [0, 0.05) is 6.42 Å². The molecule has 0 saturated heterocycles. The van der Waals surface area contributed by atoms with Crippen molar-refractivity contribution in [1.82, 2.24) is 0 Å². The minimum absolute atomic E-state index is 0.178. The molecule has 1 atom stereocenters. The summed E-state index contributed by atoms with van der Waals surface area (Å²) in [5, 5.41) is 0. The molecule has 2 rings (SSSR count). The van der Waals surface area contributed by atoms with Crippen molar-refractivity contribution in [2.75, 3.05) is 6.61 Å². The fraction of sp³-hybridized carbons (Fsp3) is 0.250. The molecule has 2 aromatic rings. The Morgan fingerprint density at radius 3 is 2.30 bits per heavy atom. The standard InChI is InChI=1S/C13H17NO2.C7H8O3S/c1-2-10-16-13(15)12(14)9-8-11-6-4-3-5-7-11;1-6-2-4-7(5-3-6)11(8,9)10/h2-7,12H,1,8-10,14H2;2-5H,1H3,(H,8,9,10)/t12-;/m0./s1. The van der Waals surface area contributed by atoms with E-state index in [1.807, 2.05) is 37.3 Å². The zero-order valence-electron chi connectivity index (χ0n) is 15.3. The molecule has 0 heterocycles. The molecular formula is C20H25NO5S. The van der Waals surface area contributed by atoms with Crippen LogP contribution in [-0.2, 0) is 26.1 Å². The SMILES string of the molecule is C=CCOC(=O)[C@@H]([NH3+])CCc1ccccc1.Cc1ccc(S(=O)(=O)[O-])cc1. The van der Waals surface area contributed by atoms with E-state index in [4.69, 9.17) is 4.74 Å². The van der Waals surface area contributed by atoms with Crippen LogP contribution < -0.4 is 5.73 Å². The summed E-state index contributed by atoms with van der Waals surface area (Å²) in [4.78, 5) is 11.2. The van der Waals surface area contributed by atoms with E-state index in [1.54, 1.807) is 18.2 Å². The lowest BCUT2D eigenvalue weighted by molar-refractivity contribution is -0.409. The third-order valence-electron chi connectivity index (χ3n) is 3.61. The number of aryl methyl sites for hydroxylation is 2. The molecule has 0 bridgehead atoms. The van der Waals surface area contributed by atoms with E-state index >= 15 is 0 Å². The highest BCUT2D eigenvalue weighted by Crippen LogP contribution is 2.08. The van der Waals surface area contributed by atoms with Crippen molar-refractivity contribution in [3.05, 3.63) is 78.4 Å². The molecule has 0 aromatic heterocycles. The second-order valence-corrected chi connectivity index (χ2v) is 7.29. The summed E-state index contributed by atoms with van der Waals surface area (Å²) in [6.45, 7) is 5.57. The molecule has 6 nitrogen and oxygen atoms in total. The van der Waals surface area contributed by atoms with Crippen LogP contribution in [0.2, 0.25) is 0 Å². The van der Waals surface area contributed by atoms with Crippen molar-refractivity contribution in [2.24, 2.45) is 0 Å². The second-order valence-electron chi connectivity index (χ2n) is 5.91. The fourth-order valence-corrected chi connectivity index (χ4v) is 2.54. The predicted molar refractivity (Wildman–Crippen MR) is 102 cm³/mol. The quantitative estimate of drug-likeness (QED) is 0.440. The minimum atomic E-state index is -4.27. The summed E-state index contributed by atoms with van der Waals surface area (Å²) >= 11 is 0. The van der Waals surface area contributed by atoms with Crippen LogP contribution in [0, 0.1) is 6.92 Å². The third-order valence-corrected chi connectivity index (χ3v) is 4.46. The van der Waals surface area contributed by atoms with Gasteiger partial charge in [0.2, 0.25) is 0 Å². The lowest BCUT2D eigenvalue weighted by Crippen LogP contribution is -2.65. The van der Waals surface area contributed by atoms with Gasteiger partial charge in [-0.1, -0.05) is 60.7 Å². The average molecular weight is 391 g/mol. The number of quaternary nitrogens is 1. The summed E-state index contributed by atoms with van der Waals surface area (Å²) in [6.07, 6.45) is 3.11. The zero-order chi connectivity index (χ0) is 20.3. The maximum atomic E-state index is 11.4. The largest absolute Gasteiger partial charge is 0.744 e. The Hall–Kier alpha value is -2.48. The van der Waals surface area contributed by atoms with Gasteiger partial charge in [-0.05, 0) is 31.0 Å². The van der Waals surface area contributed by atoms with Gasteiger partial charge < -0.3 is 15.0 Å². The number of carbonyl (C=O) groups excluding carboxylic acids is 1. The summed E-state index contributed by atoms with van der Waals surface area (Å²) in [5.41, 5.74) is 5.94. The van der Waals surface area contributed by atoms with E-state index in [-0.39, 0.29) is 23.5 Å². The summed E-state index contributed by atoms with van der Waals surface area (Å²) in [7, 11) is -4.27. The first-order chi connectivity index (χ1) is 12.7. The van der Waals surface area contributed by atoms with Crippen LogP contribution >= 0.6 is 0 Å². The van der Waals surface area contributed by atoms with E-state index in [1.165, 1.54) is 17.7 Å². The Bertz CT molecular complexity index is 817. The van der Waals surface area contributed by atoms with Gasteiger partial charge in [0.15, 0.2) is 6.04 Å². The second kappa shape index (κ2) is 11.3. The van der Waals surface area contributed by atoms with Crippen LogP contribution in [0.1, 0.15) is 17.5 Å². The molecule has 3 N–H and O–H groups in total. The van der Waals surface area contributed by atoms with E-state index in [9.17, 15) is 17.8 Å². The molecule has 0 amide bonds. The summed E-state index contributed by atoms with van der Waals surface area (Å²) in [6, 6.07) is 15.5. The molecule has 0 fully saturated rings. The summed E-state index contributed by atoms with van der Waals surface area (Å²) < 4.78 is 36.1. The topological polar surface area (TPSA) is 111 Å². The maximum absolute atomic E-state index is 11.4. The lowest BCUT2D eigenvalue weighted by Gasteiger charge is -2.07. The highest BCUT2D eigenvalue weighted by molar-refractivity contribution is 7.85. The number of ether oxygens (including phenoxy) is 1. The van der Waals surface area contributed by atoms with Crippen molar-refractivity contribution < 1.29 is 28.2 Å². The van der Waals surface area contributed by atoms with E-state index in [2.05, 4.69) is 12.3 Å². The van der Waals surface area contributed by atoms with Crippen LogP contribution in [0.5, 0.6) is 0 Å². The van der Waals surface area contributed by atoms with Crippen molar-refractivity contribution in [2.45, 2.75) is 30.7 Å². The minimum Gasteiger partial charge on any atom is -0.744 e. The zero-order valence-corrected chi connectivity index (χ0v) is 16.2. The molecular weight excluding hydrogens is 366 g/mol. The molecule has 0 aliphatic rings. The van der Waals surface area contributed by atoms with Crippen molar-refractivity contribution in [3.8, 4) is 0 Å². The molecule has 0 aliphatic heterocycles. The van der Waals surface area contributed by atoms with E-state index in [0.29, 0.717) is 6.42 Å². The van der Waals surface area contributed by atoms with Gasteiger partial charge in [0.25, 0.3) is 0 Å². The van der Waals surface area contributed by atoms with E-state index < -0.39 is 10.1 Å². The monoisotopic (exact) mass is 391 g/mol. The Morgan fingerprint density at radius 2 is 1.78 bits per heavy atom. The number of carbonyl (C=O) groups is 1. The Labute approximate surface area is 160 Å². The molecule has 0 radical (unpaired) electrons. The van der Waals surface area contributed by atoms with Crippen LogP contribution in [0.3, 0.4) is 0 Å². The van der Waals surface area contributed by atoms with Gasteiger partial charge in [0.1, 0.15) is 16.7 Å². The Balaban J connectivity index is 0.000000289. The number of hydrogen-bond acceptors (Lipinski definition) is 5. The van der Waals surface area contributed by atoms with Gasteiger partial charge in [-0.25, -0.2) is 13.2 Å². The van der Waals surface area contributed by atoms with Gasteiger partial charge >= 0.3 is 5.97 Å². The molecule has 0 saturated carbocycles. The van der Waals surface area contributed by atoms with Crippen molar-refractivity contribution in [3.63, 3.8) is 0 Å². The van der Waals surface area contributed by atoms with Crippen molar-refractivity contribution in [1.29, 1.82) is 0 Å². The molecule has 27 heavy (non-hydrogen) atoms. The highest BCUT2D eigenvalue weighted by atomic mass is 32.2. The smallest absolute Gasteiger partial charge is 0.365 e. The van der Waals surface area contributed by atoms with E-state index in [0.717, 1.165) is 12.0 Å². The van der Waals surface area contributed by atoms with Gasteiger partial charge in [0.05, 0.1) is 4.90 Å². The van der Waals surface area contributed by atoms with Crippen LogP contribution in [0.4, 0.5) is 0 Å². The molecule has 0 spiro atoms. The first-order valence-electron chi connectivity index (χ1n) is 8.41. The van der Waals surface area contributed by atoms with Gasteiger partial charge in [-0.15, -0.1) is 0 Å². The lowest BCUT2D eigenvalue weighted by atomic mass is 10.1. The first kappa shape index (κ1) is 22.6. The van der Waals surface area contributed by atoms with Crippen molar-refractivity contribution >= 4 is 16.1 Å². The number of rotatable bonds is 7. The fourth-order valence-electron chi connectivity index (χ4n) is 2.07. The molecule has 0 unspecified atom stereocenters. The van der Waals surface area contributed by atoms with Crippen LogP contribution in [0.15, 0.2) is 72.1 Å². The molecule has 7 heteroatoms. The number of hydrogen-bond donors (Lipinski definition) is 1. The van der Waals surface area contributed by atoms with Gasteiger partial charge in [-0.3, -0.25) is 0 Å². The van der Waals surface area contributed by atoms with Gasteiger partial charge in [-0.2, -0.15) is 0 Å². The predicted octanol–water partition coefficient (Wildman–Crippen LogP) is 1.86. The molecule has 0 aliphatic carbocycles. The highest BCUT2D eigenvalue weighted by Gasteiger charge is 2.17. The summed E-state index contributed by atoms with van der Waals surface area (Å²) in [5.74, 6) is -0.254. The first-order valence-corrected chi connectivity index (χ1v) is 9.82. The Morgan fingerprint density at radius 1 is 1.19 bits per heavy atom. The maximum Gasteiger partial charge on any atom is 0.365 e. The number of benzene rings is 2. The third kappa shape index (κ3) is 9.14.